The van der Waals surface area contributed by atoms with Crippen LogP contribution in [0.5, 0.6) is 0 Å². The Labute approximate surface area is 102 Å². The second kappa shape index (κ2) is 6.38. The van der Waals surface area contributed by atoms with Crippen LogP contribution in [-0.4, -0.2) is 81.5 Å². The Morgan fingerprint density at radius 3 is 2.28 bits per heavy atom. The molecule has 1 saturated heterocycles. The van der Waals surface area contributed by atoms with E-state index in [9.17, 15) is 20.1 Å². The van der Waals surface area contributed by atoms with Crippen molar-refractivity contribution in [2.24, 2.45) is 5.73 Å². The number of hydrogen-bond donors (Lipinski definition) is 6. The van der Waals surface area contributed by atoms with Crippen molar-refractivity contribution in [3.8, 4) is 0 Å². The molecule has 18 heavy (non-hydrogen) atoms. The van der Waals surface area contributed by atoms with Gasteiger partial charge in [0.15, 0.2) is 12.4 Å². The van der Waals surface area contributed by atoms with Gasteiger partial charge in [-0.15, -0.1) is 0 Å². The fraction of sp³-hybridized carbons (Fsp3) is 0.889. The molecule has 0 radical (unpaired) electrons. The highest BCUT2D eigenvalue weighted by molar-refractivity contribution is 5.78. The number of primary amides is 1. The average Bonchev–Trinajstić information content (AvgIpc) is 2.35. The normalized spacial score (nSPS) is 38.4. The predicted molar refractivity (Wildman–Crippen MR) is 54.9 cm³/mol. The third-order valence-electron chi connectivity index (χ3n) is 2.63. The lowest BCUT2D eigenvalue weighted by atomic mass is 9.99. The molecule has 6 atom stereocenters. The first-order chi connectivity index (χ1) is 8.42. The van der Waals surface area contributed by atoms with E-state index in [0.717, 1.165) is 0 Å². The van der Waals surface area contributed by atoms with Gasteiger partial charge in [0.25, 0.3) is 0 Å². The molecule has 106 valence electrons. The summed E-state index contributed by atoms with van der Waals surface area (Å²) >= 11 is 0. The number of aliphatic hydroxyl groups excluding tert-OH is 5. The predicted octanol–water partition coefficient (Wildman–Crippen LogP) is -4.35. The first kappa shape index (κ1) is 15.2. The quantitative estimate of drug-likeness (QED) is 0.291. The minimum absolute atomic E-state index is 0.620. The molecule has 0 aromatic heterocycles. The number of hydrogen-bond acceptors (Lipinski definition) is 8. The van der Waals surface area contributed by atoms with E-state index in [1.807, 2.05) is 0 Å². The van der Waals surface area contributed by atoms with E-state index in [4.69, 9.17) is 25.4 Å². The van der Waals surface area contributed by atoms with Crippen LogP contribution in [0.1, 0.15) is 0 Å². The maximum Gasteiger partial charge on any atom is 0.249 e. The van der Waals surface area contributed by atoms with Crippen LogP contribution in [0, 0.1) is 0 Å². The van der Waals surface area contributed by atoms with Crippen LogP contribution in [0.2, 0.25) is 0 Å². The number of aliphatic hydroxyl groups is 5. The summed E-state index contributed by atoms with van der Waals surface area (Å²) < 4.78 is 9.85. The van der Waals surface area contributed by atoms with Crippen molar-refractivity contribution in [2.75, 3.05) is 13.2 Å². The largest absolute Gasteiger partial charge is 0.394 e. The van der Waals surface area contributed by atoms with E-state index in [0.29, 0.717) is 0 Å². The summed E-state index contributed by atoms with van der Waals surface area (Å²) in [6, 6.07) is 0. The van der Waals surface area contributed by atoms with Gasteiger partial charge in [0.2, 0.25) is 5.91 Å². The van der Waals surface area contributed by atoms with Crippen molar-refractivity contribution < 1.29 is 39.8 Å². The summed E-state index contributed by atoms with van der Waals surface area (Å²) in [5.41, 5.74) is 4.92. The van der Waals surface area contributed by atoms with Crippen molar-refractivity contribution in [1.82, 2.24) is 0 Å². The Kier molecular flexibility index (Phi) is 5.41. The molecular weight excluding hydrogens is 250 g/mol. The first-order valence-corrected chi connectivity index (χ1v) is 5.28. The molecule has 1 rings (SSSR count). The van der Waals surface area contributed by atoms with Crippen LogP contribution in [0.25, 0.3) is 0 Å². The van der Waals surface area contributed by atoms with E-state index >= 15 is 0 Å². The van der Waals surface area contributed by atoms with Gasteiger partial charge in [-0.2, -0.15) is 0 Å². The van der Waals surface area contributed by atoms with E-state index in [2.05, 4.69) is 0 Å². The molecule has 0 saturated carbocycles. The second-order valence-corrected chi connectivity index (χ2v) is 3.91. The summed E-state index contributed by atoms with van der Waals surface area (Å²) in [6.45, 7) is -1.35. The number of amides is 1. The Bertz CT molecular complexity index is 286. The Morgan fingerprint density at radius 2 is 1.83 bits per heavy atom. The molecule has 0 spiro atoms. The molecule has 1 aliphatic rings. The van der Waals surface area contributed by atoms with Gasteiger partial charge in [0, 0.05) is 0 Å². The minimum atomic E-state index is -1.64. The van der Waals surface area contributed by atoms with Gasteiger partial charge in [-0.1, -0.05) is 0 Å². The van der Waals surface area contributed by atoms with E-state index < -0.39 is 55.9 Å². The summed E-state index contributed by atoms with van der Waals surface area (Å²) in [5.74, 6) is -0.977. The van der Waals surface area contributed by atoms with Gasteiger partial charge in [-0.05, 0) is 0 Å². The molecule has 9 nitrogen and oxygen atoms in total. The molecular formula is C9H17NO8. The number of rotatable bonds is 5. The molecule has 1 amide bonds. The lowest BCUT2D eigenvalue weighted by Gasteiger charge is -2.40. The van der Waals surface area contributed by atoms with Crippen LogP contribution in [0.3, 0.4) is 0 Å². The highest BCUT2D eigenvalue weighted by atomic mass is 16.7. The number of ether oxygens (including phenoxy) is 2. The molecule has 7 N–H and O–H groups in total. The van der Waals surface area contributed by atoms with Crippen molar-refractivity contribution >= 4 is 5.91 Å². The van der Waals surface area contributed by atoms with Crippen LogP contribution in [-0.2, 0) is 14.3 Å². The van der Waals surface area contributed by atoms with E-state index in [1.54, 1.807) is 0 Å². The maximum absolute atomic E-state index is 10.8. The zero-order valence-electron chi connectivity index (χ0n) is 9.42. The van der Waals surface area contributed by atoms with Gasteiger partial charge in [0.1, 0.15) is 24.4 Å². The lowest BCUT2D eigenvalue weighted by Crippen LogP contribution is -2.60. The van der Waals surface area contributed by atoms with Crippen molar-refractivity contribution in [1.29, 1.82) is 0 Å². The molecule has 0 bridgehead atoms. The molecule has 1 aliphatic heterocycles. The number of nitrogens with two attached hydrogens (primary N) is 1. The van der Waals surface area contributed by atoms with Crippen molar-refractivity contribution in [3.05, 3.63) is 0 Å². The maximum atomic E-state index is 10.8. The van der Waals surface area contributed by atoms with Crippen LogP contribution >= 0.6 is 0 Å². The molecule has 0 aromatic carbocycles. The zero-order chi connectivity index (χ0) is 13.9. The summed E-state index contributed by atoms with van der Waals surface area (Å²) in [6.07, 6.45) is -8.85. The Balaban J connectivity index is 2.72. The van der Waals surface area contributed by atoms with Crippen molar-refractivity contribution in [3.63, 3.8) is 0 Å². The average molecular weight is 267 g/mol. The summed E-state index contributed by atoms with van der Waals surface area (Å²) in [5, 5.41) is 46.2. The van der Waals surface area contributed by atoms with E-state index in [1.165, 1.54) is 0 Å². The number of carbonyl (C=O) groups is 1. The molecule has 0 aromatic rings. The zero-order valence-corrected chi connectivity index (χ0v) is 9.42. The topological polar surface area (TPSA) is 163 Å². The highest BCUT2D eigenvalue weighted by Gasteiger charge is 2.45. The van der Waals surface area contributed by atoms with Crippen LogP contribution in [0.15, 0.2) is 0 Å². The van der Waals surface area contributed by atoms with Crippen LogP contribution < -0.4 is 5.73 Å². The third-order valence-corrected chi connectivity index (χ3v) is 2.63. The summed E-state index contributed by atoms with van der Waals surface area (Å²) in [7, 11) is 0. The van der Waals surface area contributed by atoms with Crippen LogP contribution in [0.4, 0.5) is 0 Å². The fourth-order valence-corrected chi connectivity index (χ4v) is 1.54. The monoisotopic (exact) mass is 267 g/mol. The Morgan fingerprint density at radius 1 is 1.22 bits per heavy atom. The fourth-order valence-electron chi connectivity index (χ4n) is 1.54. The third kappa shape index (κ3) is 3.14. The number of carbonyl (C=O) groups excluding carboxylic acids is 1. The lowest BCUT2D eigenvalue weighted by molar-refractivity contribution is -0.310. The molecule has 1 unspecified atom stereocenters. The smallest absolute Gasteiger partial charge is 0.249 e. The van der Waals surface area contributed by atoms with Gasteiger partial charge >= 0.3 is 0 Å². The van der Waals surface area contributed by atoms with Gasteiger partial charge < -0.3 is 40.7 Å². The SMILES string of the molecule is NC(=O)C(CO)O[C@H]1O[C@H](CO)[C@@H](O)[C@H](O)[C@@H]1O. The van der Waals surface area contributed by atoms with E-state index in [-0.39, 0.29) is 0 Å². The minimum Gasteiger partial charge on any atom is -0.394 e. The van der Waals surface area contributed by atoms with Gasteiger partial charge in [0.05, 0.1) is 13.2 Å². The van der Waals surface area contributed by atoms with Gasteiger partial charge in [-0.3, -0.25) is 4.79 Å². The molecule has 1 fully saturated rings. The summed E-state index contributed by atoms with van der Waals surface area (Å²) in [4.78, 5) is 10.8. The van der Waals surface area contributed by atoms with Gasteiger partial charge in [-0.25, -0.2) is 0 Å². The second-order valence-electron chi connectivity index (χ2n) is 3.91. The molecule has 9 heteroatoms. The molecule has 0 aliphatic carbocycles. The molecule has 1 heterocycles. The standard InChI is InChI=1S/C9H17NO8/c10-8(16)4(2-12)18-9-7(15)6(14)5(13)3(1-11)17-9/h3-7,9,11-15H,1-2H2,(H2,10,16)/t3-,4?,5-,6+,7+,9-/m1/s1. The first-order valence-electron chi connectivity index (χ1n) is 5.28. The Hall–Kier alpha value is -0.810. The highest BCUT2D eigenvalue weighted by Crippen LogP contribution is 2.22. The van der Waals surface area contributed by atoms with Crippen molar-refractivity contribution in [2.45, 2.75) is 36.8 Å².